The van der Waals surface area contributed by atoms with Crippen LogP contribution in [0.4, 0.5) is 4.39 Å². The van der Waals surface area contributed by atoms with Crippen LogP contribution in [-0.2, 0) is 10.0 Å². The summed E-state index contributed by atoms with van der Waals surface area (Å²) in [5.74, 6) is 0.0418. The lowest BCUT2D eigenvalue weighted by Gasteiger charge is -2.30. The van der Waals surface area contributed by atoms with Gasteiger partial charge in [-0.05, 0) is 55.8 Å². The Morgan fingerprint density at radius 1 is 1.18 bits per heavy atom. The van der Waals surface area contributed by atoms with Gasteiger partial charge in [-0.25, -0.2) is 12.8 Å². The Labute approximate surface area is 174 Å². The predicted molar refractivity (Wildman–Crippen MR) is 110 cm³/mol. The Kier molecular flexibility index (Phi) is 6.34. The van der Waals surface area contributed by atoms with Gasteiger partial charge in [-0.3, -0.25) is 0 Å². The van der Waals surface area contributed by atoms with E-state index in [1.165, 1.54) is 46.8 Å². The fourth-order valence-electron chi connectivity index (χ4n) is 2.94. The highest BCUT2D eigenvalue weighted by Crippen LogP contribution is 2.37. The first-order chi connectivity index (χ1) is 13.2. The van der Waals surface area contributed by atoms with Crippen molar-refractivity contribution >= 4 is 38.3 Å². The minimum atomic E-state index is -3.79. The highest BCUT2D eigenvalue weighted by atomic mass is 35.5. The molecule has 0 fully saturated rings. The largest absolute Gasteiger partial charge is 0.488 e. The van der Waals surface area contributed by atoms with E-state index in [4.69, 9.17) is 27.9 Å². The number of hydrogen-bond donors (Lipinski definition) is 0. The molecule has 2 aromatic rings. The van der Waals surface area contributed by atoms with Crippen LogP contribution in [0.1, 0.15) is 25.8 Å². The first-order valence-corrected chi connectivity index (χ1v) is 11.0. The number of halogens is 3. The normalized spacial score (nSPS) is 15.4. The van der Waals surface area contributed by atoms with E-state index < -0.39 is 15.8 Å². The second-order valence-electron chi connectivity index (χ2n) is 6.61. The molecule has 0 aliphatic carbocycles. The quantitative estimate of drug-likeness (QED) is 0.607. The van der Waals surface area contributed by atoms with Crippen LogP contribution in [0.3, 0.4) is 0 Å². The van der Waals surface area contributed by atoms with Gasteiger partial charge < -0.3 is 4.74 Å². The third kappa shape index (κ3) is 4.20. The Hall–Kier alpha value is -1.60. The van der Waals surface area contributed by atoms with Crippen molar-refractivity contribution in [3.8, 4) is 5.75 Å². The molecule has 1 atom stereocenters. The van der Waals surface area contributed by atoms with Gasteiger partial charge in [0, 0.05) is 28.7 Å². The fraction of sp³-hybridized carbons (Fsp3) is 0.300. The third-order valence-corrected chi connectivity index (χ3v) is 7.44. The van der Waals surface area contributed by atoms with E-state index in [9.17, 15) is 12.8 Å². The number of ether oxygens (including phenoxy) is 1. The molecular formula is C20H20Cl2FNO3S. The molecule has 4 nitrogen and oxygen atoms in total. The number of nitrogens with zero attached hydrogens (tertiary/aromatic N) is 1. The van der Waals surface area contributed by atoms with Crippen LogP contribution >= 0.6 is 23.2 Å². The van der Waals surface area contributed by atoms with Crippen molar-refractivity contribution < 1.29 is 17.5 Å². The number of fused-ring (bicyclic) bond motifs is 1. The topological polar surface area (TPSA) is 46.6 Å². The Morgan fingerprint density at radius 2 is 1.86 bits per heavy atom. The van der Waals surface area contributed by atoms with Crippen LogP contribution in [0.2, 0.25) is 5.02 Å². The Morgan fingerprint density at radius 3 is 2.50 bits per heavy atom. The zero-order valence-electron chi connectivity index (χ0n) is 15.5. The van der Waals surface area contributed by atoms with Gasteiger partial charge in [0.15, 0.2) is 0 Å². The van der Waals surface area contributed by atoms with E-state index in [1.54, 1.807) is 0 Å². The monoisotopic (exact) mass is 443 g/mol. The summed E-state index contributed by atoms with van der Waals surface area (Å²) in [6.07, 6.45) is 0.615. The van der Waals surface area contributed by atoms with Gasteiger partial charge in [-0.15, -0.1) is 0 Å². The summed E-state index contributed by atoms with van der Waals surface area (Å²) in [4.78, 5) is 0.150. The summed E-state index contributed by atoms with van der Waals surface area (Å²) < 4.78 is 47.2. The molecule has 1 unspecified atom stereocenters. The number of benzene rings is 2. The smallest absolute Gasteiger partial charge is 0.243 e. The van der Waals surface area contributed by atoms with Crippen LogP contribution in [0.15, 0.2) is 52.9 Å². The second kappa shape index (κ2) is 8.41. The van der Waals surface area contributed by atoms with Crippen molar-refractivity contribution in [2.75, 3.05) is 13.2 Å². The van der Waals surface area contributed by atoms with E-state index in [0.29, 0.717) is 33.4 Å². The molecule has 0 saturated carbocycles. The van der Waals surface area contributed by atoms with Gasteiger partial charge in [-0.1, -0.05) is 30.1 Å². The summed E-state index contributed by atoms with van der Waals surface area (Å²) in [7, 11) is -3.79. The zero-order valence-corrected chi connectivity index (χ0v) is 17.8. The maximum Gasteiger partial charge on any atom is 0.243 e. The molecule has 1 aliphatic rings. The van der Waals surface area contributed by atoms with Gasteiger partial charge >= 0.3 is 0 Å². The van der Waals surface area contributed by atoms with E-state index in [1.807, 2.05) is 13.8 Å². The number of sulfonamides is 1. The van der Waals surface area contributed by atoms with E-state index in [-0.39, 0.29) is 24.1 Å². The molecule has 3 rings (SSSR count). The van der Waals surface area contributed by atoms with Crippen molar-refractivity contribution in [1.82, 2.24) is 4.31 Å². The molecule has 0 saturated heterocycles. The van der Waals surface area contributed by atoms with Crippen molar-refractivity contribution in [2.45, 2.75) is 31.2 Å². The fourth-order valence-corrected chi connectivity index (χ4v) is 5.03. The predicted octanol–water partition coefficient (Wildman–Crippen LogP) is 5.31. The van der Waals surface area contributed by atoms with E-state index >= 15 is 0 Å². The molecule has 150 valence electrons. The van der Waals surface area contributed by atoms with Crippen molar-refractivity contribution in [2.24, 2.45) is 0 Å². The zero-order chi connectivity index (χ0) is 20.5. The molecular weight excluding hydrogens is 424 g/mol. The minimum Gasteiger partial charge on any atom is -0.488 e. The summed E-state index contributed by atoms with van der Waals surface area (Å²) in [5, 5.41) is 0.777. The van der Waals surface area contributed by atoms with Gasteiger partial charge in [0.2, 0.25) is 10.0 Å². The number of rotatable bonds is 6. The number of hydrogen-bond acceptors (Lipinski definition) is 3. The van der Waals surface area contributed by atoms with Crippen molar-refractivity contribution in [3.05, 3.63) is 64.4 Å². The second-order valence-corrected chi connectivity index (χ2v) is 9.31. The van der Waals surface area contributed by atoms with Gasteiger partial charge in [0.05, 0.1) is 9.93 Å². The molecule has 0 aromatic heterocycles. The minimum absolute atomic E-state index is 0.0504. The molecule has 0 N–H and O–H groups in total. The van der Waals surface area contributed by atoms with Crippen LogP contribution in [-0.4, -0.2) is 31.9 Å². The Bertz CT molecular complexity index is 1010. The van der Waals surface area contributed by atoms with Gasteiger partial charge in [-0.2, -0.15) is 4.31 Å². The molecule has 0 amide bonds. The first kappa shape index (κ1) is 21.1. The van der Waals surface area contributed by atoms with Crippen molar-refractivity contribution in [1.29, 1.82) is 0 Å². The van der Waals surface area contributed by atoms with Crippen LogP contribution in [0.5, 0.6) is 5.75 Å². The average Bonchev–Trinajstić information content (AvgIpc) is 2.67. The molecule has 0 spiro atoms. The Balaban J connectivity index is 2.00. The highest BCUT2D eigenvalue weighted by molar-refractivity contribution is 7.89. The lowest BCUT2D eigenvalue weighted by Crippen LogP contribution is -2.40. The first-order valence-electron chi connectivity index (χ1n) is 8.81. The van der Waals surface area contributed by atoms with Crippen LogP contribution in [0.25, 0.3) is 5.03 Å². The standard InChI is InChI=1S/C20H20Cl2FNO3S/c1-3-13(2)24(28(25,26)17-7-4-15(21)5-8-17)11-14-12-27-19-9-6-16(23)10-18(19)20(14)22/h4-10,13H,3,11-12H2,1-2H3. The molecule has 0 radical (unpaired) electrons. The molecule has 1 heterocycles. The van der Waals surface area contributed by atoms with Crippen LogP contribution in [0, 0.1) is 5.82 Å². The average molecular weight is 444 g/mol. The summed E-state index contributed by atoms with van der Waals surface area (Å²) in [6.45, 7) is 3.93. The molecule has 0 bridgehead atoms. The van der Waals surface area contributed by atoms with Crippen LogP contribution < -0.4 is 4.74 Å². The van der Waals surface area contributed by atoms with E-state index in [2.05, 4.69) is 0 Å². The maximum atomic E-state index is 13.6. The molecule has 8 heteroatoms. The molecule has 2 aromatic carbocycles. The summed E-state index contributed by atoms with van der Waals surface area (Å²) in [5.41, 5.74) is 1.01. The lowest BCUT2D eigenvalue weighted by molar-refractivity contribution is 0.308. The summed E-state index contributed by atoms with van der Waals surface area (Å²) in [6, 6.07) is 9.86. The lowest BCUT2D eigenvalue weighted by atomic mass is 10.1. The van der Waals surface area contributed by atoms with Gasteiger partial charge in [0.1, 0.15) is 18.2 Å². The highest BCUT2D eigenvalue weighted by Gasteiger charge is 2.31. The van der Waals surface area contributed by atoms with Crippen molar-refractivity contribution in [3.63, 3.8) is 0 Å². The third-order valence-electron chi connectivity index (χ3n) is 4.74. The maximum absolute atomic E-state index is 13.6. The summed E-state index contributed by atoms with van der Waals surface area (Å²) >= 11 is 12.4. The molecule has 1 aliphatic heterocycles. The van der Waals surface area contributed by atoms with Gasteiger partial charge in [0.25, 0.3) is 0 Å². The SMILES string of the molecule is CCC(C)N(CC1=C(Cl)c2cc(F)ccc2OC1)S(=O)(=O)c1ccc(Cl)cc1. The van der Waals surface area contributed by atoms with E-state index in [0.717, 1.165) is 0 Å². The molecule has 28 heavy (non-hydrogen) atoms.